The van der Waals surface area contributed by atoms with Gasteiger partial charge in [-0.1, -0.05) is 12.1 Å². The highest BCUT2D eigenvalue weighted by molar-refractivity contribution is 6.05. The Morgan fingerprint density at radius 3 is 3.00 bits per heavy atom. The van der Waals surface area contributed by atoms with Gasteiger partial charge in [-0.3, -0.25) is 19.8 Å². The van der Waals surface area contributed by atoms with Crippen LogP contribution in [0.25, 0.3) is 0 Å². The van der Waals surface area contributed by atoms with E-state index in [1.807, 2.05) is 12.1 Å². The molecule has 0 radical (unpaired) electrons. The second kappa shape index (κ2) is 5.67. The molecule has 2 heterocycles. The largest absolute Gasteiger partial charge is 0.479 e. The lowest BCUT2D eigenvalue weighted by atomic mass is 10.2. The molecule has 0 saturated heterocycles. The Balaban J connectivity index is 1.48. The number of hydrogen-bond acceptors (Lipinski definition) is 4. The van der Waals surface area contributed by atoms with Gasteiger partial charge in [-0.05, 0) is 31.9 Å². The van der Waals surface area contributed by atoms with Gasteiger partial charge in [-0.2, -0.15) is 0 Å². The van der Waals surface area contributed by atoms with Crippen LogP contribution in [-0.2, 0) is 9.59 Å². The minimum atomic E-state index is -0.613. The van der Waals surface area contributed by atoms with E-state index in [1.54, 1.807) is 25.3 Å². The quantitative estimate of drug-likeness (QED) is 0.900. The molecule has 2 N–H and O–H groups in total. The number of amides is 2. The topological polar surface area (TPSA) is 87.3 Å². The zero-order valence-corrected chi connectivity index (χ0v) is 13.3. The molecule has 1 aliphatic carbocycles. The van der Waals surface area contributed by atoms with Crippen LogP contribution in [0.3, 0.4) is 0 Å². The Bertz CT molecular complexity index is 797. The first-order chi connectivity index (χ1) is 11.6. The van der Waals surface area contributed by atoms with Crippen LogP contribution in [0.4, 0.5) is 11.6 Å². The van der Waals surface area contributed by atoms with E-state index >= 15 is 0 Å². The third-order valence-corrected chi connectivity index (χ3v) is 4.25. The second-order valence-corrected chi connectivity index (χ2v) is 6.16. The van der Waals surface area contributed by atoms with E-state index in [0.29, 0.717) is 23.3 Å². The van der Waals surface area contributed by atoms with Gasteiger partial charge in [0.25, 0.3) is 5.91 Å². The number of fused-ring (bicyclic) bond motifs is 1. The summed E-state index contributed by atoms with van der Waals surface area (Å²) in [6, 6.07) is 7.20. The molecule has 1 aromatic carbocycles. The van der Waals surface area contributed by atoms with E-state index in [-0.39, 0.29) is 18.4 Å². The van der Waals surface area contributed by atoms with Crippen LogP contribution in [0.1, 0.15) is 31.4 Å². The van der Waals surface area contributed by atoms with Crippen molar-refractivity contribution in [1.82, 2.24) is 9.97 Å². The van der Waals surface area contributed by atoms with Gasteiger partial charge in [0.15, 0.2) is 6.10 Å². The number of H-pyrrole nitrogens is 1. The van der Waals surface area contributed by atoms with Gasteiger partial charge in [0.2, 0.25) is 11.9 Å². The van der Waals surface area contributed by atoms with Gasteiger partial charge in [0.1, 0.15) is 12.3 Å². The Kier molecular flexibility index (Phi) is 3.48. The smallest absolute Gasteiger partial charge is 0.268 e. The number of aromatic nitrogens is 2. The number of imidazole rings is 1. The molecule has 0 bridgehead atoms. The fourth-order valence-corrected chi connectivity index (χ4v) is 2.84. The van der Waals surface area contributed by atoms with Crippen molar-refractivity contribution in [2.45, 2.75) is 31.8 Å². The number of hydrogen-bond donors (Lipinski definition) is 2. The SMILES string of the molecule is CC1Oc2ccccc2N(CC(=O)Nc2ncc(C3CC3)[nH]2)C1=O. The third-order valence-electron chi connectivity index (χ3n) is 4.25. The molecule has 1 aromatic heterocycles. The molecule has 24 heavy (non-hydrogen) atoms. The molecule has 124 valence electrons. The molecule has 4 rings (SSSR count). The highest BCUT2D eigenvalue weighted by Crippen LogP contribution is 2.39. The first kappa shape index (κ1) is 14.7. The first-order valence-electron chi connectivity index (χ1n) is 8.03. The lowest BCUT2D eigenvalue weighted by Crippen LogP contribution is -2.47. The monoisotopic (exact) mass is 326 g/mol. The predicted molar refractivity (Wildman–Crippen MR) is 88.1 cm³/mol. The van der Waals surface area contributed by atoms with E-state index in [0.717, 1.165) is 18.5 Å². The molecule has 1 aliphatic heterocycles. The van der Waals surface area contributed by atoms with Crippen molar-refractivity contribution in [2.24, 2.45) is 0 Å². The summed E-state index contributed by atoms with van der Waals surface area (Å²) < 4.78 is 5.57. The Hall–Kier alpha value is -2.83. The summed E-state index contributed by atoms with van der Waals surface area (Å²) in [6.45, 7) is 1.60. The van der Waals surface area contributed by atoms with Gasteiger partial charge in [0.05, 0.1) is 11.9 Å². The number of rotatable bonds is 4. The molecule has 7 nitrogen and oxygen atoms in total. The number of carbonyl (C=O) groups excluding carboxylic acids is 2. The number of ether oxygens (including phenoxy) is 1. The number of anilines is 2. The fraction of sp³-hybridized carbons (Fsp3) is 0.353. The summed E-state index contributed by atoms with van der Waals surface area (Å²) in [5.74, 6) is 1.03. The van der Waals surface area contributed by atoms with Crippen molar-refractivity contribution in [2.75, 3.05) is 16.8 Å². The van der Waals surface area contributed by atoms with Crippen molar-refractivity contribution >= 4 is 23.5 Å². The van der Waals surface area contributed by atoms with Gasteiger partial charge in [0, 0.05) is 11.6 Å². The normalized spacial score (nSPS) is 19.6. The highest BCUT2D eigenvalue weighted by Gasteiger charge is 2.32. The molecule has 1 unspecified atom stereocenters. The summed E-state index contributed by atoms with van der Waals surface area (Å²) in [5.41, 5.74) is 1.65. The molecule has 2 amide bonds. The fourth-order valence-electron chi connectivity index (χ4n) is 2.84. The van der Waals surface area contributed by atoms with Crippen molar-refractivity contribution in [3.05, 3.63) is 36.2 Å². The molecular formula is C17H18N4O3. The predicted octanol–water partition coefficient (Wildman–Crippen LogP) is 2.04. The summed E-state index contributed by atoms with van der Waals surface area (Å²) in [7, 11) is 0. The van der Waals surface area contributed by atoms with Crippen molar-refractivity contribution < 1.29 is 14.3 Å². The van der Waals surface area contributed by atoms with Crippen LogP contribution in [0.15, 0.2) is 30.5 Å². The number of para-hydroxylation sites is 2. The maximum atomic E-state index is 12.4. The molecule has 0 spiro atoms. The van der Waals surface area contributed by atoms with E-state index in [4.69, 9.17) is 4.74 Å². The molecule has 1 fully saturated rings. The van der Waals surface area contributed by atoms with Gasteiger partial charge >= 0.3 is 0 Å². The van der Waals surface area contributed by atoms with Gasteiger partial charge in [-0.15, -0.1) is 0 Å². The van der Waals surface area contributed by atoms with E-state index in [2.05, 4.69) is 15.3 Å². The average molecular weight is 326 g/mol. The first-order valence-corrected chi connectivity index (χ1v) is 8.03. The number of aromatic amines is 1. The number of nitrogens with one attached hydrogen (secondary N) is 2. The zero-order chi connectivity index (χ0) is 16.7. The summed E-state index contributed by atoms with van der Waals surface area (Å²) in [5, 5.41) is 2.72. The van der Waals surface area contributed by atoms with Crippen LogP contribution in [0.2, 0.25) is 0 Å². The van der Waals surface area contributed by atoms with Gasteiger partial charge in [-0.25, -0.2) is 4.98 Å². The van der Waals surface area contributed by atoms with Crippen molar-refractivity contribution in [3.63, 3.8) is 0 Å². The van der Waals surface area contributed by atoms with Crippen molar-refractivity contribution in [1.29, 1.82) is 0 Å². The van der Waals surface area contributed by atoms with Gasteiger partial charge < -0.3 is 9.72 Å². The molecule has 2 aromatic rings. The lowest BCUT2D eigenvalue weighted by Gasteiger charge is -2.32. The van der Waals surface area contributed by atoms with Crippen LogP contribution < -0.4 is 15.0 Å². The third kappa shape index (κ3) is 2.73. The van der Waals surface area contributed by atoms with Crippen LogP contribution in [-0.4, -0.2) is 34.4 Å². The Labute approximate surface area is 139 Å². The average Bonchev–Trinajstić information content (AvgIpc) is 3.32. The summed E-state index contributed by atoms with van der Waals surface area (Å²) in [4.78, 5) is 33.4. The summed E-state index contributed by atoms with van der Waals surface area (Å²) >= 11 is 0. The van der Waals surface area contributed by atoms with Crippen LogP contribution in [0.5, 0.6) is 5.75 Å². The Morgan fingerprint density at radius 2 is 2.21 bits per heavy atom. The minimum absolute atomic E-state index is 0.0803. The van der Waals surface area contributed by atoms with Crippen molar-refractivity contribution in [3.8, 4) is 5.75 Å². The summed E-state index contributed by atoms with van der Waals surface area (Å²) in [6.07, 6.45) is 3.46. The Morgan fingerprint density at radius 1 is 1.42 bits per heavy atom. The molecule has 1 saturated carbocycles. The molecule has 1 atom stereocenters. The zero-order valence-electron chi connectivity index (χ0n) is 13.3. The molecular weight excluding hydrogens is 308 g/mol. The van der Waals surface area contributed by atoms with E-state index < -0.39 is 6.10 Å². The standard InChI is InChI=1S/C17H18N4O3/c1-10-16(23)21(13-4-2-3-5-14(13)24-10)9-15(22)20-17-18-8-12(19-17)11-6-7-11/h2-5,8,10-11H,6-7,9H2,1H3,(H2,18,19,20,22). The van der Waals surface area contributed by atoms with Crippen LogP contribution >= 0.6 is 0 Å². The number of nitrogens with zero attached hydrogens (tertiary/aromatic N) is 2. The second-order valence-electron chi connectivity index (χ2n) is 6.16. The molecule has 2 aliphatic rings. The highest BCUT2D eigenvalue weighted by atomic mass is 16.5. The van der Waals surface area contributed by atoms with E-state index in [9.17, 15) is 9.59 Å². The van der Waals surface area contributed by atoms with E-state index in [1.165, 1.54) is 4.90 Å². The number of carbonyl (C=O) groups is 2. The number of benzene rings is 1. The van der Waals surface area contributed by atoms with Crippen LogP contribution in [0, 0.1) is 0 Å². The minimum Gasteiger partial charge on any atom is -0.479 e. The maximum absolute atomic E-state index is 12.4. The maximum Gasteiger partial charge on any atom is 0.268 e. The molecule has 7 heteroatoms. The lowest BCUT2D eigenvalue weighted by molar-refractivity contribution is -0.127.